The van der Waals surface area contributed by atoms with Crippen LogP contribution in [-0.2, 0) is 6.61 Å². The number of nitrogens with zero attached hydrogens (tertiary/aromatic N) is 5. The molecule has 0 radical (unpaired) electrons. The van der Waals surface area contributed by atoms with Gasteiger partial charge >= 0.3 is 0 Å². The molecule has 0 aliphatic carbocycles. The standard InChI is InChI=1S/C10H11N5O2/c1-7-10(17)9(8(4-16)2-11-7)3-14-15-5-12-13-6-15/h2-3,5-6,16-17H,4H2,1H3/b14-3-. The van der Waals surface area contributed by atoms with Gasteiger partial charge in [0.25, 0.3) is 0 Å². The second-order valence-electron chi connectivity index (χ2n) is 3.38. The number of pyridine rings is 1. The summed E-state index contributed by atoms with van der Waals surface area (Å²) >= 11 is 0. The lowest BCUT2D eigenvalue weighted by molar-refractivity contribution is 0.280. The van der Waals surface area contributed by atoms with Crippen molar-refractivity contribution in [3.63, 3.8) is 0 Å². The molecule has 0 spiro atoms. The number of aliphatic hydroxyl groups is 1. The fourth-order valence-electron chi connectivity index (χ4n) is 1.30. The number of rotatable bonds is 3. The molecule has 88 valence electrons. The lowest BCUT2D eigenvalue weighted by Crippen LogP contribution is -1.99. The lowest BCUT2D eigenvalue weighted by Gasteiger charge is -2.06. The smallest absolute Gasteiger partial charge is 0.145 e. The third-order valence-corrected chi connectivity index (χ3v) is 2.25. The summed E-state index contributed by atoms with van der Waals surface area (Å²) in [5.74, 6) is 0.00775. The molecule has 0 bridgehead atoms. The summed E-state index contributed by atoms with van der Waals surface area (Å²) in [6, 6.07) is 0. The molecule has 0 fully saturated rings. The molecule has 17 heavy (non-hydrogen) atoms. The molecule has 2 aromatic heterocycles. The minimum Gasteiger partial charge on any atom is -0.505 e. The predicted molar refractivity (Wildman–Crippen MR) is 59.6 cm³/mol. The summed E-state index contributed by atoms with van der Waals surface area (Å²) in [6.07, 6.45) is 5.77. The van der Waals surface area contributed by atoms with Crippen molar-refractivity contribution in [2.24, 2.45) is 5.10 Å². The molecule has 0 aliphatic heterocycles. The second-order valence-corrected chi connectivity index (χ2v) is 3.38. The Bertz CT molecular complexity index is 536. The average molecular weight is 233 g/mol. The number of hydrogen-bond donors (Lipinski definition) is 2. The van der Waals surface area contributed by atoms with Gasteiger partial charge in [0.1, 0.15) is 18.4 Å². The van der Waals surface area contributed by atoms with E-state index in [0.29, 0.717) is 16.8 Å². The number of aliphatic hydroxyl groups excluding tert-OH is 1. The molecule has 0 atom stereocenters. The van der Waals surface area contributed by atoms with Crippen molar-refractivity contribution in [1.29, 1.82) is 0 Å². The van der Waals surface area contributed by atoms with E-state index in [1.807, 2.05) is 0 Å². The van der Waals surface area contributed by atoms with Gasteiger partial charge < -0.3 is 10.2 Å². The molecule has 0 amide bonds. The van der Waals surface area contributed by atoms with E-state index in [9.17, 15) is 5.11 Å². The van der Waals surface area contributed by atoms with Gasteiger partial charge in [-0.1, -0.05) is 0 Å². The first-order valence-corrected chi connectivity index (χ1v) is 4.89. The Balaban J connectivity index is 2.40. The molecule has 2 N–H and O–H groups in total. The van der Waals surface area contributed by atoms with E-state index in [-0.39, 0.29) is 12.4 Å². The fourth-order valence-corrected chi connectivity index (χ4v) is 1.30. The van der Waals surface area contributed by atoms with Crippen molar-refractivity contribution < 1.29 is 10.2 Å². The minimum absolute atomic E-state index is 0.00775. The van der Waals surface area contributed by atoms with Crippen LogP contribution in [0.2, 0.25) is 0 Å². The SMILES string of the molecule is Cc1ncc(CO)c(/C=N\n2cnnc2)c1O. The molecular formula is C10H11N5O2. The van der Waals surface area contributed by atoms with Crippen LogP contribution in [0.3, 0.4) is 0 Å². The van der Waals surface area contributed by atoms with Crippen LogP contribution in [0.4, 0.5) is 0 Å². The summed E-state index contributed by atoms with van der Waals surface area (Å²) in [5, 5.41) is 30.2. The van der Waals surface area contributed by atoms with E-state index in [1.54, 1.807) is 6.92 Å². The Morgan fingerprint density at radius 3 is 2.76 bits per heavy atom. The van der Waals surface area contributed by atoms with E-state index in [4.69, 9.17) is 5.11 Å². The van der Waals surface area contributed by atoms with Gasteiger partial charge in [-0.25, -0.2) is 4.68 Å². The summed E-state index contributed by atoms with van der Waals surface area (Å²) in [6.45, 7) is 1.46. The Morgan fingerprint density at radius 2 is 2.12 bits per heavy atom. The van der Waals surface area contributed by atoms with Crippen LogP contribution in [0.15, 0.2) is 24.0 Å². The molecule has 2 aromatic rings. The van der Waals surface area contributed by atoms with Gasteiger partial charge in [-0.3, -0.25) is 4.98 Å². The highest BCUT2D eigenvalue weighted by atomic mass is 16.3. The highest BCUT2D eigenvalue weighted by Crippen LogP contribution is 2.21. The van der Waals surface area contributed by atoms with Gasteiger partial charge in [0.2, 0.25) is 0 Å². The third-order valence-electron chi connectivity index (χ3n) is 2.25. The van der Waals surface area contributed by atoms with Crippen LogP contribution in [-0.4, -0.2) is 36.3 Å². The molecular weight excluding hydrogens is 222 g/mol. The first-order chi connectivity index (χ1) is 8.22. The van der Waals surface area contributed by atoms with Crippen LogP contribution < -0.4 is 0 Å². The van der Waals surface area contributed by atoms with Crippen LogP contribution in [0.25, 0.3) is 0 Å². The van der Waals surface area contributed by atoms with Crippen molar-refractivity contribution in [1.82, 2.24) is 19.9 Å². The topological polar surface area (TPSA) is 96.4 Å². The Morgan fingerprint density at radius 1 is 1.41 bits per heavy atom. The van der Waals surface area contributed by atoms with Crippen molar-refractivity contribution in [2.45, 2.75) is 13.5 Å². The number of aromatic nitrogens is 4. The molecule has 0 aliphatic rings. The third kappa shape index (κ3) is 2.28. The molecule has 2 rings (SSSR count). The fraction of sp³-hybridized carbons (Fsp3) is 0.200. The van der Waals surface area contributed by atoms with Gasteiger partial charge in [-0.05, 0) is 6.92 Å². The second kappa shape index (κ2) is 4.71. The molecule has 7 nitrogen and oxygen atoms in total. The summed E-state index contributed by atoms with van der Waals surface area (Å²) in [7, 11) is 0. The van der Waals surface area contributed by atoms with Crippen LogP contribution in [0.1, 0.15) is 16.8 Å². The maximum absolute atomic E-state index is 9.83. The zero-order valence-corrected chi connectivity index (χ0v) is 9.15. The van der Waals surface area contributed by atoms with E-state index in [0.717, 1.165) is 0 Å². The zero-order chi connectivity index (χ0) is 12.3. The van der Waals surface area contributed by atoms with Gasteiger partial charge in [0.05, 0.1) is 18.5 Å². The van der Waals surface area contributed by atoms with E-state index in [1.165, 1.54) is 29.7 Å². The van der Waals surface area contributed by atoms with Gasteiger partial charge in [0, 0.05) is 17.3 Å². The van der Waals surface area contributed by atoms with Crippen molar-refractivity contribution in [3.05, 3.63) is 35.7 Å². The van der Waals surface area contributed by atoms with Crippen molar-refractivity contribution in [3.8, 4) is 5.75 Å². The van der Waals surface area contributed by atoms with Gasteiger partial charge in [-0.15, -0.1) is 10.2 Å². The van der Waals surface area contributed by atoms with Gasteiger partial charge in [0.15, 0.2) is 0 Å². The maximum Gasteiger partial charge on any atom is 0.145 e. The number of aromatic hydroxyl groups is 1. The first kappa shape index (κ1) is 11.2. The normalized spacial score (nSPS) is 11.2. The van der Waals surface area contributed by atoms with Crippen LogP contribution >= 0.6 is 0 Å². The van der Waals surface area contributed by atoms with E-state index < -0.39 is 0 Å². The molecule has 7 heteroatoms. The number of aryl methyl sites for hydroxylation is 1. The summed E-state index contributed by atoms with van der Waals surface area (Å²) in [4.78, 5) is 3.95. The lowest BCUT2D eigenvalue weighted by atomic mass is 10.1. The van der Waals surface area contributed by atoms with Crippen LogP contribution in [0.5, 0.6) is 5.75 Å². The largest absolute Gasteiger partial charge is 0.505 e. The predicted octanol–water partition coefficient (Wildman–Crippen LogP) is 0.0616. The Labute approximate surface area is 97.1 Å². The van der Waals surface area contributed by atoms with Crippen molar-refractivity contribution >= 4 is 6.21 Å². The first-order valence-electron chi connectivity index (χ1n) is 4.89. The molecule has 2 heterocycles. The molecule has 0 saturated heterocycles. The highest BCUT2D eigenvalue weighted by Gasteiger charge is 2.09. The van der Waals surface area contributed by atoms with E-state index >= 15 is 0 Å². The Kier molecular flexibility index (Phi) is 3.10. The number of hydrogen-bond acceptors (Lipinski definition) is 6. The highest BCUT2D eigenvalue weighted by molar-refractivity contribution is 5.85. The monoisotopic (exact) mass is 233 g/mol. The zero-order valence-electron chi connectivity index (χ0n) is 9.15. The summed E-state index contributed by atoms with van der Waals surface area (Å²) < 4.78 is 1.39. The van der Waals surface area contributed by atoms with Gasteiger partial charge in [-0.2, -0.15) is 5.10 Å². The quantitative estimate of drug-likeness (QED) is 0.731. The maximum atomic E-state index is 9.83. The van der Waals surface area contributed by atoms with Crippen LogP contribution in [0, 0.1) is 6.92 Å². The Hall–Kier alpha value is -2.28. The average Bonchev–Trinajstić information content (AvgIpc) is 2.84. The molecule has 0 unspecified atom stereocenters. The molecule has 0 aromatic carbocycles. The minimum atomic E-state index is -0.218. The summed E-state index contributed by atoms with van der Waals surface area (Å²) in [5.41, 5.74) is 1.42. The van der Waals surface area contributed by atoms with E-state index in [2.05, 4.69) is 20.3 Å². The molecule has 0 saturated carbocycles. The van der Waals surface area contributed by atoms with Crippen molar-refractivity contribution in [2.75, 3.05) is 0 Å².